The lowest BCUT2D eigenvalue weighted by Gasteiger charge is -2.20. The molecule has 0 unspecified atom stereocenters. The number of nitrogens with zero attached hydrogens (tertiary/aromatic N) is 1. The number of benzene rings is 3. The first-order valence-corrected chi connectivity index (χ1v) is 12.2. The smallest absolute Gasteiger partial charge is 0.368 e. The van der Waals surface area contributed by atoms with Gasteiger partial charge >= 0.3 is 12.4 Å². The third-order valence-electron chi connectivity index (χ3n) is 6.58. The summed E-state index contributed by atoms with van der Waals surface area (Å²) >= 11 is 0. The zero-order valence-electron chi connectivity index (χ0n) is 21.7. The largest absolute Gasteiger partial charge is 0.416 e. The van der Waals surface area contributed by atoms with Crippen molar-refractivity contribution in [2.75, 3.05) is 0 Å². The summed E-state index contributed by atoms with van der Waals surface area (Å²) in [6.07, 6.45) is -10.1. The number of rotatable bonds is 6. The first-order chi connectivity index (χ1) is 19.1. The highest BCUT2D eigenvalue weighted by molar-refractivity contribution is 6.09. The molecule has 0 bridgehead atoms. The van der Waals surface area contributed by atoms with Crippen LogP contribution in [0.5, 0.6) is 0 Å². The molecule has 3 N–H and O–H groups in total. The molecule has 0 saturated heterocycles. The van der Waals surface area contributed by atoms with Crippen molar-refractivity contribution >= 4 is 22.6 Å². The fourth-order valence-corrected chi connectivity index (χ4v) is 4.54. The molecule has 1 aromatic heterocycles. The van der Waals surface area contributed by atoms with Crippen LogP contribution in [0.4, 0.5) is 26.3 Å². The highest BCUT2D eigenvalue weighted by Crippen LogP contribution is 2.37. The van der Waals surface area contributed by atoms with Crippen molar-refractivity contribution in [2.45, 2.75) is 39.3 Å². The van der Waals surface area contributed by atoms with E-state index in [0.29, 0.717) is 23.1 Å². The highest BCUT2D eigenvalue weighted by atomic mass is 19.4. The Morgan fingerprint density at radius 2 is 1.37 bits per heavy atom. The maximum Gasteiger partial charge on any atom is 0.416 e. The van der Waals surface area contributed by atoms with Gasteiger partial charge < -0.3 is 11.1 Å². The van der Waals surface area contributed by atoms with Crippen LogP contribution in [0.2, 0.25) is 0 Å². The lowest BCUT2D eigenvalue weighted by atomic mass is 9.93. The van der Waals surface area contributed by atoms with Crippen molar-refractivity contribution in [3.63, 3.8) is 0 Å². The fourth-order valence-electron chi connectivity index (χ4n) is 4.54. The van der Waals surface area contributed by atoms with E-state index in [2.05, 4.69) is 5.32 Å². The molecule has 4 rings (SSSR count). The minimum absolute atomic E-state index is 0.0169. The number of amides is 2. The minimum Gasteiger partial charge on any atom is -0.368 e. The Morgan fingerprint density at radius 3 is 1.88 bits per heavy atom. The van der Waals surface area contributed by atoms with Crippen LogP contribution in [0, 0.1) is 13.8 Å². The average Bonchev–Trinajstić information content (AvgIpc) is 2.89. The van der Waals surface area contributed by atoms with Gasteiger partial charge in [0.25, 0.3) is 11.5 Å². The molecule has 12 heteroatoms. The number of carbonyl (C=O) groups is 2. The summed E-state index contributed by atoms with van der Waals surface area (Å²) in [5.74, 6) is -1.95. The number of nitrogens with one attached hydrogen (secondary N) is 1. The number of aryl methyl sites for hydroxylation is 2. The van der Waals surface area contributed by atoms with Crippen molar-refractivity contribution in [2.24, 2.45) is 5.73 Å². The van der Waals surface area contributed by atoms with E-state index in [-0.39, 0.29) is 22.7 Å². The number of fused-ring (bicyclic) bond motifs is 1. The molecular weight excluding hydrogens is 552 g/mol. The molecule has 0 aliphatic carbocycles. The van der Waals surface area contributed by atoms with E-state index < -0.39 is 59.5 Å². The molecule has 41 heavy (non-hydrogen) atoms. The maximum atomic E-state index is 13.7. The fraction of sp³-hybridized carbons (Fsp3) is 0.207. The first-order valence-electron chi connectivity index (χ1n) is 12.2. The summed E-state index contributed by atoms with van der Waals surface area (Å²) in [6, 6.07) is 12.7. The second kappa shape index (κ2) is 10.8. The van der Waals surface area contributed by atoms with Crippen LogP contribution in [-0.2, 0) is 30.2 Å². The van der Waals surface area contributed by atoms with E-state index in [4.69, 9.17) is 5.73 Å². The number of primary amides is 1. The molecule has 0 spiro atoms. The van der Waals surface area contributed by atoms with Crippen molar-refractivity contribution in [3.8, 4) is 11.1 Å². The van der Waals surface area contributed by atoms with Crippen LogP contribution >= 0.6 is 0 Å². The molecule has 0 saturated carbocycles. The maximum absolute atomic E-state index is 13.7. The number of pyridine rings is 1. The Bertz CT molecular complexity index is 1690. The van der Waals surface area contributed by atoms with Crippen molar-refractivity contribution < 1.29 is 35.9 Å². The van der Waals surface area contributed by atoms with Crippen molar-refractivity contribution in [1.82, 2.24) is 9.88 Å². The number of aromatic nitrogens is 1. The molecule has 0 fully saturated rings. The predicted octanol–water partition coefficient (Wildman–Crippen LogP) is 5.74. The number of hydrogen-bond donors (Lipinski definition) is 2. The number of alkyl halides is 6. The summed E-state index contributed by atoms with van der Waals surface area (Å²) in [6.45, 7) is 2.13. The number of carbonyl (C=O) groups excluding carboxylic acids is 2. The van der Waals surface area contributed by atoms with Gasteiger partial charge in [-0.1, -0.05) is 36.4 Å². The Kier molecular flexibility index (Phi) is 7.70. The normalized spacial score (nSPS) is 12.0. The van der Waals surface area contributed by atoms with Crippen LogP contribution < -0.4 is 16.6 Å². The van der Waals surface area contributed by atoms with Gasteiger partial charge in [-0.15, -0.1) is 0 Å². The summed E-state index contributed by atoms with van der Waals surface area (Å²) < 4.78 is 80.9. The van der Waals surface area contributed by atoms with Crippen LogP contribution in [-0.4, -0.2) is 16.4 Å². The van der Waals surface area contributed by atoms with Gasteiger partial charge in [0.05, 0.1) is 11.1 Å². The zero-order chi connectivity index (χ0) is 30.3. The van der Waals surface area contributed by atoms with Gasteiger partial charge in [0, 0.05) is 17.5 Å². The molecule has 2 amide bonds. The quantitative estimate of drug-likeness (QED) is 0.287. The molecule has 0 radical (unpaired) electrons. The van der Waals surface area contributed by atoms with Gasteiger partial charge in [-0.2, -0.15) is 26.3 Å². The van der Waals surface area contributed by atoms with Crippen LogP contribution in [0.3, 0.4) is 0 Å². The average molecular weight is 576 g/mol. The Balaban J connectivity index is 1.92. The van der Waals surface area contributed by atoms with Gasteiger partial charge in [0.15, 0.2) is 0 Å². The third kappa shape index (κ3) is 6.11. The molecule has 4 aromatic rings. The number of hydrogen-bond acceptors (Lipinski definition) is 3. The predicted molar refractivity (Wildman–Crippen MR) is 140 cm³/mol. The molecule has 0 aliphatic rings. The van der Waals surface area contributed by atoms with Gasteiger partial charge in [-0.3, -0.25) is 19.0 Å². The standard InChI is InChI=1S/C29H23F6N3O3/c1-15-8-21-22(9-16(15)2)27(41)38(14-23(36)39)25(24(21)18-6-4-3-5-7-18)26(40)37-13-17-10-19(28(30,31)32)12-20(11-17)29(33,34)35/h3-12H,13-14H2,1-2H3,(H2,36,39)(H,37,40). The van der Waals surface area contributed by atoms with Gasteiger partial charge in [-0.25, -0.2) is 0 Å². The summed E-state index contributed by atoms with van der Waals surface area (Å²) in [5.41, 5.74) is 3.06. The van der Waals surface area contributed by atoms with Gasteiger partial charge in [0.2, 0.25) is 5.91 Å². The lowest BCUT2D eigenvalue weighted by Crippen LogP contribution is -2.36. The van der Waals surface area contributed by atoms with Crippen LogP contribution in [0.1, 0.15) is 38.3 Å². The van der Waals surface area contributed by atoms with E-state index in [0.717, 1.165) is 15.7 Å². The Hall–Kier alpha value is -4.61. The van der Waals surface area contributed by atoms with Crippen molar-refractivity contribution in [3.05, 3.63) is 105 Å². The lowest BCUT2D eigenvalue weighted by molar-refractivity contribution is -0.143. The van der Waals surface area contributed by atoms with E-state index in [1.807, 2.05) is 0 Å². The van der Waals surface area contributed by atoms with E-state index in [9.17, 15) is 40.7 Å². The summed E-state index contributed by atoms with van der Waals surface area (Å²) in [4.78, 5) is 39.2. The molecule has 0 aliphatic heterocycles. The summed E-state index contributed by atoms with van der Waals surface area (Å²) in [5, 5.41) is 2.89. The topological polar surface area (TPSA) is 94.2 Å². The first kappa shape index (κ1) is 29.4. The highest BCUT2D eigenvalue weighted by Gasteiger charge is 2.37. The van der Waals surface area contributed by atoms with E-state index in [1.165, 1.54) is 0 Å². The summed E-state index contributed by atoms with van der Waals surface area (Å²) in [7, 11) is 0. The number of halogens is 6. The monoisotopic (exact) mass is 575 g/mol. The molecule has 6 nitrogen and oxygen atoms in total. The second-order valence-electron chi connectivity index (χ2n) is 9.53. The van der Waals surface area contributed by atoms with Crippen LogP contribution in [0.15, 0.2) is 65.5 Å². The third-order valence-corrected chi connectivity index (χ3v) is 6.58. The molecular formula is C29H23F6N3O3. The van der Waals surface area contributed by atoms with Crippen molar-refractivity contribution in [1.29, 1.82) is 0 Å². The molecule has 214 valence electrons. The molecule has 1 heterocycles. The van der Waals surface area contributed by atoms with Crippen LogP contribution in [0.25, 0.3) is 21.9 Å². The minimum atomic E-state index is -5.07. The van der Waals surface area contributed by atoms with Gasteiger partial charge in [-0.05, 0) is 65.8 Å². The SMILES string of the molecule is Cc1cc2c(-c3ccccc3)c(C(=O)NCc3cc(C(F)(F)F)cc(C(F)(F)F)c3)n(CC(N)=O)c(=O)c2cc1C. The van der Waals surface area contributed by atoms with E-state index in [1.54, 1.807) is 56.3 Å². The van der Waals surface area contributed by atoms with Gasteiger partial charge in [0.1, 0.15) is 12.2 Å². The Morgan fingerprint density at radius 1 is 0.829 bits per heavy atom. The Labute approximate surface area is 229 Å². The zero-order valence-corrected chi connectivity index (χ0v) is 21.7. The molecule has 0 atom stereocenters. The second-order valence-corrected chi connectivity index (χ2v) is 9.53. The number of nitrogens with two attached hydrogens (primary N) is 1. The molecule has 3 aromatic carbocycles. The van der Waals surface area contributed by atoms with E-state index >= 15 is 0 Å².